The molecule has 3 N–H and O–H groups in total. The van der Waals surface area contributed by atoms with Gasteiger partial charge >= 0.3 is 6.03 Å². The summed E-state index contributed by atoms with van der Waals surface area (Å²) in [7, 11) is 1.64. The number of carbonyl (C=O) groups excluding carboxylic acids is 2. The molecule has 3 aromatic carbocycles. The van der Waals surface area contributed by atoms with Crippen molar-refractivity contribution in [2.45, 2.75) is 56.8 Å². The van der Waals surface area contributed by atoms with E-state index in [1.54, 1.807) is 7.11 Å². The highest BCUT2D eigenvalue weighted by molar-refractivity contribution is 5.83. The second kappa shape index (κ2) is 11.6. The van der Waals surface area contributed by atoms with Crippen LogP contribution in [-0.4, -0.2) is 36.5 Å². The minimum absolute atomic E-state index is 0.0293. The third-order valence-electron chi connectivity index (χ3n) is 8.92. The molecule has 2 heterocycles. The number of amides is 3. The Morgan fingerprint density at radius 1 is 0.925 bits per heavy atom. The fourth-order valence-electron chi connectivity index (χ4n) is 6.92. The van der Waals surface area contributed by atoms with E-state index in [0.717, 1.165) is 55.6 Å². The molecule has 2 aliphatic heterocycles. The summed E-state index contributed by atoms with van der Waals surface area (Å²) in [4.78, 5) is 29.3. The highest BCUT2D eigenvalue weighted by Gasteiger charge is 2.48. The quantitative estimate of drug-likeness (QED) is 0.370. The zero-order chi connectivity index (χ0) is 27.5. The molecule has 7 heteroatoms. The van der Waals surface area contributed by atoms with Crippen molar-refractivity contribution < 1.29 is 14.3 Å². The zero-order valence-corrected chi connectivity index (χ0v) is 23.0. The number of ether oxygens (including phenoxy) is 1. The van der Waals surface area contributed by atoms with Crippen LogP contribution in [0.3, 0.4) is 0 Å². The van der Waals surface area contributed by atoms with Crippen LogP contribution in [0.1, 0.15) is 60.9 Å². The van der Waals surface area contributed by atoms with Gasteiger partial charge in [0.2, 0.25) is 5.91 Å². The summed E-state index contributed by atoms with van der Waals surface area (Å²) in [5.41, 5.74) is 4.55. The number of anilines is 1. The zero-order valence-electron chi connectivity index (χ0n) is 23.0. The minimum Gasteiger partial charge on any atom is -0.497 e. The van der Waals surface area contributed by atoms with Gasteiger partial charge in [-0.1, -0.05) is 73.5 Å². The number of rotatable bonds is 6. The molecule has 1 saturated heterocycles. The lowest BCUT2D eigenvalue weighted by molar-refractivity contribution is -0.138. The number of carbonyl (C=O) groups is 2. The van der Waals surface area contributed by atoms with Gasteiger partial charge in [-0.3, -0.25) is 4.79 Å². The molecule has 208 valence electrons. The molecule has 0 spiro atoms. The number of hydrogen-bond donors (Lipinski definition) is 3. The fourth-order valence-corrected chi connectivity index (χ4v) is 6.92. The first-order chi connectivity index (χ1) is 19.6. The predicted octanol–water partition coefficient (Wildman–Crippen LogP) is 5.81. The molecule has 7 nitrogen and oxygen atoms in total. The van der Waals surface area contributed by atoms with Crippen LogP contribution in [0.5, 0.6) is 5.75 Å². The number of urea groups is 1. The molecule has 6 rings (SSSR count). The molecule has 1 aliphatic carbocycles. The Balaban J connectivity index is 1.17. The Labute approximate surface area is 236 Å². The number of hydrogen-bond acceptors (Lipinski definition) is 4. The van der Waals surface area contributed by atoms with Crippen LogP contribution in [-0.2, 0) is 11.3 Å². The molecule has 1 saturated carbocycles. The van der Waals surface area contributed by atoms with Crippen molar-refractivity contribution in [3.8, 4) is 5.75 Å². The summed E-state index contributed by atoms with van der Waals surface area (Å²) >= 11 is 0. The molecule has 40 heavy (non-hydrogen) atoms. The molecule has 0 aromatic heterocycles. The van der Waals surface area contributed by atoms with E-state index in [0.29, 0.717) is 12.5 Å². The highest BCUT2D eigenvalue weighted by atomic mass is 16.5. The number of nitrogens with one attached hydrogen (secondary N) is 3. The normalized spacial score (nSPS) is 25.2. The molecule has 3 amide bonds. The van der Waals surface area contributed by atoms with E-state index in [2.05, 4.69) is 69.4 Å². The Morgan fingerprint density at radius 2 is 1.68 bits per heavy atom. The first-order valence-corrected chi connectivity index (χ1v) is 14.5. The van der Waals surface area contributed by atoms with Crippen LogP contribution < -0.4 is 20.7 Å². The first-order valence-electron chi connectivity index (χ1n) is 14.5. The fraction of sp³-hybridized carbons (Fsp3) is 0.394. The van der Waals surface area contributed by atoms with Crippen molar-refractivity contribution in [3.05, 3.63) is 95.6 Å². The average molecular weight is 539 g/mol. The number of methoxy groups -OCH3 is 1. The second-order valence-electron chi connectivity index (χ2n) is 11.2. The topological polar surface area (TPSA) is 82.7 Å². The van der Waals surface area contributed by atoms with E-state index < -0.39 is 0 Å². The van der Waals surface area contributed by atoms with E-state index in [4.69, 9.17) is 4.74 Å². The van der Waals surface area contributed by atoms with E-state index in [1.807, 2.05) is 30.3 Å². The largest absolute Gasteiger partial charge is 0.497 e. The van der Waals surface area contributed by atoms with Gasteiger partial charge in [0.1, 0.15) is 5.75 Å². The van der Waals surface area contributed by atoms with Gasteiger partial charge in [-0.25, -0.2) is 4.79 Å². The van der Waals surface area contributed by atoms with E-state index in [9.17, 15) is 9.59 Å². The maximum atomic E-state index is 14.3. The summed E-state index contributed by atoms with van der Waals surface area (Å²) in [5, 5.41) is 9.91. The van der Waals surface area contributed by atoms with Crippen LogP contribution in [0.25, 0.3) is 0 Å². The van der Waals surface area contributed by atoms with Crippen LogP contribution in [0.15, 0.2) is 78.9 Å². The SMILES string of the molecule is COc1ccc(CNC(=O)N[C@@H]2CCCC[C@@H]2C(=O)N2CC[C@H]3[C@H](c4ccccc4)Nc4ccccc4[C@@H]32)cc1. The lowest BCUT2D eigenvalue weighted by Gasteiger charge is -2.42. The van der Waals surface area contributed by atoms with Gasteiger partial charge < -0.3 is 25.6 Å². The summed E-state index contributed by atoms with van der Waals surface area (Å²) < 4.78 is 5.21. The smallest absolute Gasteiger partial charge is 0.315 e. The van der Waals surface area contributed by atoms with Crippen LogP contribution >= 0.6 is 0 Å². The maximum absolute atomic E-state index is 14.3. The maximum Gasteiger partial charge on any atom is 0.315 e. The molecule has 0 unspecified atom stereocenters. The predicted molar refractivity (Wildman–Crippen MR) is 156 cm³/mol. The average Bonchev–Trinajstić information content (AvgIpc) is 3.46. The molecule has 2 fully saturated rings. The molecule has 3 aromatic rings. The molecule has 0 bridgehead atoms. The highest BCUT2D eigenvalue weighted by Crippen LogP contribution is 2.51. The lowest BCUT2D eigenvalue weighted by Crippen LogP contribution is -2.52. The molecule has 3 aliphatic rings. The summed E-state index contributed by atoms with van der Waals surface area (Å²) in [6, 6.07) is 26.4. The van der Waals surface area contributed by atoms with Crippen molar-refractivity contribution in [2.75, 3.05) is 19.0 Å². The summed E-state index contributed by atoms with van der Waals surface area (Å²) in [6.07, 6.45) is 4.60. The number of nitrogens with zero attached hydrogens (tertiary/aromatic N) is 1. The van der Waals surface area contributed by atoms with Crippen molar-refractivity contribution in [2.24, 2.45) is 11.8 Å². The Hall–Kier alpha value is -4.00. The van der Waals surface area contributed by atoms with E-state index in [1.165, 1.54) is 11.1 Å². The van der Waals surface area contributed by atoms with Crippen molar-refractivity contribution in [1.82, 2.24) is 15.5 Å². The monoisotopic (exact) mass is 538 g/mol. The lowest BCUT2D eigenvalue weighted by atomic mass is 9.79. The van der Waals surface area contributed by atoms with Crippen molar-refractivity contribution >= 4 is 17.6 Å². The number of fused-ring (bicyclic) bond motifs is 3. The Bertz CT molecular complexity index is 1330. The summed E-state index contributed by atoms with van der Waals surface area (Å²) in [5.74, 6) is 1.05. The number of benzene rings is 3. The third kappa shape index (κ3) is 5.25. The standard InChI is InChI=1S/C33H38N4O3/c1-40-24-17-15-22(16-18-24)21-34-33(39)36-29-14-8-6-12-26(29)32(38)37-20-19-27-30(23-9-3-2-4-10-23)35-28-13-7-5-11-25(28)31(27)37/h2-5,7,9-11,13,15-18,26-27,29-31,35H,6,8,12,14,19-21H2,1H3,(H2,34,36,39)/t26-,27-,29+,30-,31-/m0/s1. The first kappa shape index (κ1) is 26.2. The number of likely N-dealkylation sites (tertiary alicyclic amines) is 1. The summed E-state index contributed by atoms with van der Waals surface area (Å²) in [6.45, 7) is 1.15. The second-order valence-corrected chi connectivity index (χ2v) is 11.2. The van der Waals surface area contributed by atoms with Crippen LogP contribution in [0, 0.1) is 11.8 Å². The molecular formula is C33H38N4O3. The van der Waals surface area contributed by atoms with Crippen molar-refractivity contribution in [1.29, 1.82) is 0 Å². The van der Waals surface area contributed by atoms with Gasteiger partial charge in [0.25, 0.3) is 0 Å². The molecule has 0 radical (unpaired) electrons. The van der Waals surface area contributed by atoms with Crippen molar-refractivity contribution in [3.63, 3.8) is 0 Å². The van der Waals surface area contributed by atoms with Crippen LogP contribution in [0.4, 0.5) is 10.5 Å². The van der Waals surface area contributed by atoms with Crippen LogP contribution in [0.2, 0.25) is 0 Å². The van der Waals surface area contributed by atoms with Gasteiger partial charge in [0.15, 0.2) is 0 Å². The van der Waals surface area contributed by atoms with E-state index in [-0.39, 0.29) is 36.0 Å². The van der Waals surface area contributed by atoms with Gasteiger partial charge in [0, 0.05) is 30.7 Å². The Morgan fingerprint density at radius 3 is 2.48 bits per heavy atom. The van der Waals surface area contributed by atoms with E-state index >= 15 is 0 Å². The number of para-hydroxylation sites is 1. The minimum atomic E-state index is -0.226. The van der Waals surface area contributed by atoms with Gasteiger partial charge in [0.05, 0.1) is 25.1 Å². The van der Waals surface area contributed by atoms with Gasteiger partial charge in [-0.05, 0) is 54.2 Å². The third-order valence-corrected chi connectivity index (χ3v) is 8.92. The van der Waals surface area contributed by atoms with Gasteiger partial charge in [-0.2, -0.15) is 0 Å². The molecular weight excluding hydrogens is 500 g/mol. The Kier molecular flexibility index (Phi) is 7.62. The molecule has 5 atom stereocenters. The van der Waals surface area contributed by atoms with Gasteiger partial charge in [-0.15, -0.1) is 0 Å².